The molecule has 2 aromatic carbocycles. The summed E-state index contributed by atoms with van der Waals surface area (Å²) in [6.07, 6.45) is 1.74. The number of carbonyl (C=O) groups is 3. The highest BCUT2D eigenvalue weighted by atomic mass is 16.7. The zero-order chi connectivity index (χ0) is 30.3. The zero-order valence-electron chi connectivity index (χ0n) is 24.6. The molecular weight excluding hydrogens is 536 g/mol. The number of nitrogens with zero attached hydrogens (tertiary/aromatic N) is 2. The van der Waals surface area contributed by atoms with Crippen molar-refractivity contribution in [3.63, 3.8) is 0 Å². The van der Waals surface area contributed by atoms with E-state index in [1.807, 2.05) is 30.3 Å². The van der Waals surface area contributed by atoms with E-state index in [1.54, 1.807) is 11.8 Å². The molecule has 0 bridgehead atoms. The Bertz CT molecular complexity index is 1460. The van der Waals surface area contributed by atoms with Gasteiger partial charge in [-0.05, 0) is 40.9 Å². The van der Waals surface area contributed by atoms with Crippen LogP contribution in [0.4, 0.5) is 0 Å². The molecule has 3 aromatic rings. The fourth-order valence-corrected chi connectivity index (χ4v) is 4.77. The number of aromatic amines is 1. The molecule has 1 aromatic heterocycles. The standard InChI is InChI=1S/C32H38N4O6/c1-5-9-27(38)42-35-30(39)28-29(41-20-21-10-7-6-8-11-21)31(40)34-25(33-28)19-36-17-16-23(18-26(36)37)22-12-14-24(15-13-22)32(2,3)4/h6-8,10-15,23H,5,9,16-20H2,1-4H3,(H,35,39)(H,33,34,40). The molecule has 0 radical (unpaired) electrons. The second-order valence-corrected chi connectivity index (χ2v) is 11.5. The number of carbonyl (C=O) groups excluding carboxylic acids is 3. The van der Waals surface area contributed by atoms with E-state index in [4.69, 9.17) is 9.57 Å². The van der Waals surface area contributed by atoms with Crippen molar-refractivity contribution in [2.75, 3.05) is 6.54 Å². The first-order chi connectivity index (χ1) is 20.0. The molecule has 1 atom stereocenters. The fraction of sp³-hybridized carbons (Fsp3) is 0.406. The van der Waals surface area contributed by atoms with Gasteiger partial charge in [0.05, 0.1) is 6.54 Å². The average molecular weight is 575 g/mol. The van der Waals surface area contributed by atoms with E-state index < -0.39 is 17.4 Å². The molecule has 10 nitrogen and oxygen atoms in total. The van der Waals surface area contributed by atoms with Gasteiger partial charge in [0.2, 0.25) is 11.7 Å². The Morgan fingerprint density at radius 1 is 1.07 bits per heavy atom. The molecule has 1 unspecified atom stereocenters. The maximum absolute atomic E-state index is 13.1. The molecule has 0 saturated carbocycles. The van der Waals surface area contributed by atoms with E-state index >= 15 is 0 Å². The number of piperidine rings is 1. The topological polar surface area (TPSA) is 131 Å². The minimum atomic E-state index is -0.904. The van der Waals surface area contributed by atoms with Crippen molar-refractivity contribution in [1.29, 1.82) is 0 Å². The fourth-order valence-electron chi connectivity index (χ4n) is 4.77. The van der Waals surface area contributed by atoms with Gasteiger partial charge in [-0.2, -0.15) is 5.48 Å². The lowest BCUT2D eigenvalue weighted by molar-refractivity contribution is -0.149. The van der Waals surface area contributed by atoms with Crippen molar-refractivity contribution in [2.24, 2.45) is 0 Å². The molecule has 1 saturated heterocycles. The Morgan fingerprint density at radius 2 is 1.79 bits per heavy atom. The van der Waals surface area contributed by atoms with E-state index in [1.165, 1.54) is 5.56 Å². The number of likely N-dealkylation sites (tertiary alicyclic amines) is 1. The van der Waals surface area contributed by atoms with Crippen LogP contribution in [0.25, 0.3) is 0 Å². The van der Waals surface area contributed by atoms with Crippen LogP contribution in [0.3, 0.4) is 0 Å². The third-order valence-corrected chi connectivity index (χ3v) is 7.19. The first-order valence-corrected chi connectivity index (χ1v) is 14.2. The smallest absolute Gasteiger partial charge is 0.332 e. The zero-order valence-corrected chi connectivity index (χ0v) is 24.6. The molecule has 1 aliphatic heterocycles. The Morgan fingerprint density at radius 3 is 2.43 bits per heavy atom. The Hall–Kier alpha value is -4.47. The molecule has 2 heterocycles. The van der Waals surface area contributed by atoms with E-state index in [0.29, 0.717) is 19.4 Å². The highest BCUT2D eigenvalue weighted by molar-refractivity contribution is 5.94. The van der Waals surface area contributed by atoms with Gasteiger partial charge < -0.3 is 19.5 Å². The lowest BCUT2D eigenvalue weighted by atomic mass is 9.83. The number of ether oxygens (including phenoxy) is 1. The van der Waals surface area contributed by atoms with Crippen molar-refractivity contribution in [3.05, 3.63) is 93.2 Å². The summed E-state index contributed by atoms with van der Waals surface area (Å²) in [7, 11) is 0. The van der Waals surface area contributed by atoms with Crippen molar-refractivity contribution in [3.8, 4) is 5.75 Å². The maximum atomic E-state index is 13.1. The van der Waals surface area contributed by atoms with Crippen LogP contribution in [0.15, 0.2) is 59.4 Å². The Labute approximate surface area is 245 Å². The molecule has 2 N–H and O–H groups in total. The van der Waals surface area contributed by atoms with Gasteiger partial charge in [-0.15, -0.1) is 0 Å². The number of H-pyrrole nitrogens is 1. The molecule has 1 fully saturated rings. The summed E-state index contributed by atoms with van der Waals surface area (Å²) in [5, 5.41) is 0. The highest BCUT2D eigenvalue weighted by Crippen LogP contribution is 2.31. The first-order valence-electron chi connectivity index (χ1n) is 14.2. The normalized spacial score (nSPS) is 15.3. The summed E-state index contributed by atoms with van der Waals surface area (Å²) in [5.41, 5.74) is 4.24. The molecule has 10 heteroatoms. The van der Waals surface area contributed by atoms with Crippen LogP contribution >= 0.6 is 0 Å². The number of hydrogen-bond acceptors (Lipinski definition) is 7. The summed E-state index contributed by atoms with van der Waals surface area (Å²) in [4.78, 5) is 64.4. The number of aromatic nitrogens is 2. The van der Waals surface area contributed by atoms with Crippen LogP contribution in [0.1, 0.15) is 92.3 Å². The molecule has 0 spiro atoms. The third kappa shape index (κ3) is 7.84. The number of nitrogens with one attached hydrogen (secondary N) is 2. The number of amides is 2. The summed E-state index contributed by atoms with van der Waals surface area (Å²) < 4.78 is 5.70. The van der Waals surface area contributed by atoms with Crippen molar-refractivity contribution in [1.82, 2.24) is 20.3 Å². The van der Waals surface area contributed by atoms with Crippen LogP contribution in [0, 0.1) is 0 Å². The van der Waals surface area contributed by atoms with Gasteiger partial charge in [-0.25, -0.2) is 9.78 Å². The number of hydrogen-bond donors (Lipinski definition) is 2. The van der Waals surface area contributed by atoms with Gasteiger partial charge in [-0.3, -0.25) is 14.4 Å². The number of hydroxylamine groups is 1. The monoisotopic (exact) mass is 574 g/mol. The minimum Gasteiger partial charge on any atom is -0.481 e. The third-order valence-electron chi connectivity index (χ3n) is 7.19. The van der Waals surface area contributed by atoms with Crippen molar-refractivity contribution < 1.29 is 24.0 Å². The molecule has 222 valence electrons. The molecule has 4 rings (SSSR count). The minimum absolute atomic E-state index is 0.0125. The van der Waals surface area contributed by atoms with Crippen molar-refractivity contribution in [2.45, 2.75) is 77.9 Å². The molecule has 2 amide bonds. The van der Waals surface area contributed by atoms with E-state index in [-0.39, 0.29) is 54.1 Å². The summed E-state index contributed by atoms with van der Waals surface area (Å²) in [5.74, 6) is -1.68. The van der Waals surface area contributed by atoms with Gasteiger partial charge >= 0.3 is 11.9 Å². The van der Waals surface area contributed by atoms with E-state index in [2.05, 4.69) is 60.5 Å². The lowest BCUT2D eigenvalue weighted by Gasteiger charge is -2.32. The summed E-state index contributed by atoms with van der Waals surface area (Å²) >= 11 is 0. The predicted octanol–water partition coefficient (Wildman–Crippen LogP) is 4.54. The molecule has 1 aliphatic rings. The van der Waals surface area contributed by atoms with Gasteiger partial charge in [0.1, 0.15) is 12.4 Å². The van der Waals surface area contributed by atoms with Gasteiger partial charge in [-0.1, -0.05) is 82.3 Å². The lowest BCUT2D eigenvalue weighted by Crippen LogP contribution is -2.39. The van der Waals surface area contributed by atoms with E-state index in [0.717, 1.165) is 17.5 Å². The van der Waals surface area contributed by atoms with Crippen LogP contribution in [0.2, 0.25) is 0 Å². The molecule has 42 heavy (non-hydrogen) atoms. The Kier molecular flexibility index (Phi) is 9.77. The number of rotatable bonds is 9. The summed E-state index contributed by atoms with van der Waals surface area (Å²) in [6.45, 7) is 8.80. The molecule has 0 aliphatic carbocycles. The second kappa shape index (κ2) is 13.5. The largest absolute Gasteiger partial charge is 0.481 e. The predicted molar refractivity (Wildman–Crippen MR) is 157 cm³/mol. The summed E-state index contributed by atoms with van der Waals surface area (Å²) in [6, 6.07) is 17.6. The van der Waals surface area contributed by atoms with Gasteiger partial charge in [0.25, 0.3) is 5.56 Å². The number of benzene rings is 2. The van der Waals surface area contributed by atoms with Crippen LogP contribution in [0.5, 0.6) is 5.75 Å². The second-order valence-electron chi connectivity index (χ2n) is 11.5. The highest BCUT2D eigenvalue weighted by Gasteiger charge is 2.29. The van der Waals surface area contributed by atoms with Gasteiger partial charge in [0.15, 0.2) is 5.69 Å². The average Bonchev–Trinajstić information content (AvgIpc) is 2.96. The first kappa shape index (κ1) is 30.5. The van der Waals surface area contributed by atoms with Gasteiger partial charge in [0, 0.05) is 19.4 Å². The quantitative estimate of drug-likeness (QED) is 0.359. The van der Waals surface area contributed by atoms with Crippen molar-refractivity contribution >= 4 is 17.8 Å². The SMILES string of the molecule is CCCC(=O)ONC(=O)c1nc(CN2CCC(c3ccc(C(C)(C)C)cc3)CC2=O)[nH]c(=O)c1OCc1ccccc1. The van der Waals surface area contributed by atoms with E-state index in [9.17, 15) is 19.2 Å². The molecular formula is C32H38N4O6. The van der Waals surface area contributed by atoms with Crippen LogP contribution < -0.4 is 15.8 Å². The van der Waals surface area contributed by atoms with Crippen LogP contribution in [-0.4, -0.2) is 39.2 Å². The van der Waals surface area contributed by atoms with Crippen LogP contribution in [-0.2, 0) is 33.0 Å². The maximum Gasteiger partial charge on any atom is 0.332 e. The Balaban J connectivity index is 1.49.